The fourth-order valence-electron chi connectivity index (χ4n) is 8.63. The van der Waals surface area contributed by atoms with Crippen LogP contribution in [-0.2, 0) is 14.3 Å². The van der Waals surface area contributed by atoms with Crippen LogP contribution >= 0.6 is 0 Å². The van der Waals surface area contributed by atoms with Crippen molar-refractivity contribution in [3.63, 3.8) is 0 Å². The van der Waals surface area contributed by atoms with Crippen LogP contribution in [0, 0.1) is 0 Å². The van der Waals surface area contributed by atoms with Gasteiger partial charge in [-0.25, -0.2) is 0 Å². The Hall–Kier alpha value is -1.66. The van der Waals surface area contributed by atoms with Crippen molar-refractivity contribution < 1.29 is 24.5 Å². The smallest absolute Gasteiger partial charge is 0.305 e. The van der Waals surface area contributed by atoms with Crippen LogP contribution in [-0.4, -0.2) is 47.4 Å². The average molecular weight is 889 g/mol. The van der Waals surface area contributed by atoms with Crippen LogP contribution in [0.3, 0.4) is 0 Å². The Bertz CT molecular complexity index is 982. The molecule has 0 aromatic heterocycles. The number of carbonyl (C=O) groups is 2. The van der Waals surface area contributed by atoms with E-state index in [1.165, 1.54) is 212 Å². The summed E-state index contributed by atoms with van der Waals surface area (Å²) in [4.78, 5) is 24.5. The predicted octanol–water partition coefficient (Wildman–Crippen LogP) is 17.1. The summed E-state index contributed by atoms with van der Waals surface area (Å²) in [6.45, 7) is 4.92. The zero-order valence-electron chi connectivity index (χ0n) is 42.3. The average Bonchev–Trinajstić information content (AvgIpc) is 3.28. The van der Waals surface area contributed by atoms with Crippen molar-refractivity contribution in [2.45, 2.75) is 315 Å². The fraction of sp³-hybridized carbons (Fsp3) is 0.895. The number of carbonyl (C=O) groups excluding carboxylic acids is 2. The fourth-order valence-corrected chi connectivity index (χ4v) is 8.63. The van der Waals surface area contributed by atoms with Crippen molar-refractivity contribution in [3.8, 4) is 0 Å². The molecular weight excluding hydrogens is 779 g/mol. The molecule has 2 unspecified atom stereocenters. The lowest BCUT2D eigenvalue weighted by atomic mass is 10.0. The summed E-state index contributed by atoms with van der Waals surface area (Å²) in [6.07, 6.45) is 63.0. The largest absolute Gasteiger partial charge is 0.466 e. The Balaban J connectivity index is 3.46. The summed E-state index contributed by atoms with van der Waals surface area (Å²) in [5, 5.41) is 23.3. The number of rotatable bonds is 52. The van der Waals surface area contributed by atoms with Gasteiger partial charge in [0, 0.05) is 12.8 Å². The summed E-state index contributed by atoms with van der Waals surface area (Å²) in [7, 11) is 0. The predicted molar refractivity (Wildman–Crippen MR) is 273 cm³/mol. The first kappa shape index (κ1) is 61.3. The quantitative estimate of drug-likeness (QED) is 0.0321. The molecule has 0 saturated carbocycles. The minimum Gasteiger partial charge on any atom is -0.466 e. The Morgan fingerprint density at radius 3 is 1.16 bits per heavy atom. The van der Waals surface area contributed by atoms with Crippen LogP contribution in [0.1, 0.15) is 303 Å². The van der Waals surface area contributed by atoms with Crippen molar-refractivity contribution in [3.05, 3.63) is 24.3 Å². The Morgan fingerprint density at radius 2 is 0.746 bits per heavy atom. The monoisotopic (exact) mass is 888 g/mol. The van der Waals surface area contributed by atoms with E-state index in [-0.39, 0.29) is 18.5 Å². The molecule has 0 bridgehead atoms. The molecule has 0 saturated heterocycles. The molecule has 0 heterocycles. The van der Waals surface area contributed by atoms with E-state index in [4.69, 9.17) is 4.74 Å². The molecule has 0 aliphatic carbocycles. The third kappa shape index (κ3) is 49.6. The van der Waals surface area contributed by atoms with Crippen molar-refractivity contribution in [1.29, 1.82) is 0 Å². The van der Waals surface area contributed by atoms with E-state index >= 15 is 0 Å². The van der Waals surface area contributed by atoms with E-state index in [1.54, 1.807) is 0 Å². The van der Waals surface area contributed by atoms with Gasteiger partial charge in [0.25, 0.3) is 0 Å². The topological polar surface area (TPSA) is 95.9 Å². The van der Waals surface area contributed by atoms with Gasteiger partial charge < -0.3 is 20.3 Å². The maximum Gasteiger partial charge on any atom is 0.305 e. The summed E-state index contributed by atoms with van der Waals surface area (Å²) in [5.41, 5.74) is 0. The first-order chi connectivity index (χ1) is 31.0. The maximum absolute atomic E-state index is 12.5. The number of hydrogen-bond acceptors (Lipinski definition) is 5. The zero-order chi connectivity index (χ0) is 45.8. The number of aliphatic hydroxyl groups is 2. The van der Waals surface area contributed by atoms with Gasteiger partial charge in [-0.05, 0) is 77.0 Å². The van der Waals surface area contributed by atoms with Gasteiger partial charge in [-0.1, -0.05) is 237 Å². The SMILES string of the molecule is CCCCC/C=C\CCCCCCCC(=O)OCCCCCCCCCCC/C=C\CCCCCCCC(=O)NC(CO)C(O)CCCCCCCCCCCCCCCCCC. The molecular formula is C57H109NO5. The van der Waals surface area contributed by atoms with E-state index in [0.717, 1.165) is 57.8 Å². The second kappa shape index (κ2) is 53.0. The van der Waals surface area contributed by atoms with E-state index < -0.39 is 12.1 Å². The lowest BCUT2D eigenvalue weighted by molar-refractivity contribution is -0.143. The molecule has 0 aromatic rings. The van der Waals surface area contributed by atoms with Gasteiger partial charge >= 0.3 is 5.97 Å². The van der Waals surface area contributed by atoms with Crippen LogP contribution < -0.4 is 5.32 Å². The van der Waals surface area contributed by atoms with E-state index in [2.05, 4.69) is 43.5 Å². The lowest BCUT2D eigenvalue weighted by Gasteiger charge is -2.22. The molecule has 6 heteroatoms. The highest BCUT2D eigenvalue weighted by Crippen LogP contribution is 2.17. The molecule has 6 nitrogen and oxygen atoms in total. The highest BCUT2D eigenvalue weighted by atomic mass is 16.5. The number of unbranched alkanes of at least 4 members (excludes halogenated alkanes) is 37. The third-order valence-electron chi connectivity index (χ3n) is 13.0. The molecule has 0 radical (unpaired) electrons. The molecule has 0 spiro atoms. The molecule has 3 N–H and O–H groups in total. The number of ether oxygens (including phenoxy) is 1. The maximum atomic E-state index is 12.5. The van der Waals surface area contributed by atoms with Crippen molar-refractivity contribution in [1.82, 2.24) is 5.32 Å². The summed E-state index contributed by atoms with van der Waals surface area (Å²) in [5.74, 6) is -0.0552. The molecule has 0 aromatic carbocycles. The van der Waals surface area contributed by atoms with Gasteiger partial charge in [-0.3, -0.25) is 9.59 Å². The molecule has 372 valence electrons. The Morgan fingerprint density at radius 1 is 0.429 bits per heavy atom. The standard InChI is InChI=1S/C57H109NO5/c1-3-5-7-9-11-13-15-17-18-23-26-29-33-37-41-45-49-55(60)54(53-59)58-56(61)50-46-42-38-34-30-27-24-21-19-20-22-25-28-32-36-40-44-48-52-63-57(62)51-47-43-39-35-31-16-14-12-10-8-6-4-2/h12,14,21,24,54-55,59-60H,3-11,13,15-20,22-23,25-53H2,1-2H3,(H,58,61)/b14-12-,24-21-. The van der Waals surface area contributed by atoms with Gasteiger partial charge in [0.05, 0.1) is 25.4 Å². The number of amides is 1. The minimum absolute atomic E-state index is 0.00705. The number of allylic oxidation sites excluding steroid dienone is 4. The van der Waals surface area contributed by atoms with Crippen LogP contribution in [0.5, 0.6) is 0 Å². The third-order valence-corrected chi connectivity index (χ3v) is 13.0. The van der Waals surface area contributed by atoms with Crippen LogP contribution in [0.2, 0.25) is 0 Å². The van der Waals surface area contributed by atoms with E-state index in [0.29, 0.717) is 25.9 Å². The molecule has 0 rings (SSSR count). The summed E-state index contributed by atoms with van der Waals surface area (Å²) >= 11 is 0. The molecule has 2 atom stereocenters. The molecule has 1 amide bonds. The van der Waals surface area contributed by atoms with Crippen molar-refractivity contribution >= 4 is 11.9 Å². The number of nitrogens with one attached hydrogen (secondary N) is 1. The zero-order valence-corrected chi connectivity index (χ0v) is 42.3. The lowest BCUT2D eigenvalue weighted by Crippen LogP contribution is -2.45. The highest BCUT2D eigenvalue weighted by molar-refractivity contribution is 5.76. The van der Waals surface area contributed by atoms with Crippen LogP contribution in [0.25, 0.3) is 0 Å². The minimum atomic E-state index is -0.673. The van der Waals surface area contributed by atoms with Gasteiger partial charge in [-0.2, -0.15) is 0 Å². The summed E-state index contributed by atoms with van der Waals surface area (Å²) < 4.78 is 5.45. The molecule has 0 aliphatic heterocycles. The number of aliphatic hydroxyl groups excluding tert-OH is 2. The first-order valence-corrected chi connectivity index (χ1v) is 28.1. The second-order valence-electron chi connectivity index (χ2n) is 19.3. The van der Waals surface area contributed by atoms with Crippen molar-refractivity contribution in [2.24, 2.45) is 0 Å². The van der Waals surface area contributed by atoms with Crippen LogP contribution in [0.15, 0.2) is 24.3 Å². The molecule has 0 aliphatic rings. The number of hydrogen-bond donors (Lipinski definition) is 3. The van der Waals surface area contributed by atoms with Gasteiger partial charge in [0.2, 0.25) is 5.91 Å². The van der Waals surface area contributed by atoms with Gasteiger partial charge in [0.1, 0.15) is 0 Å². The first-order valence-electron chi connectivity index (χ1n) is 28.1. The normalized spacial score (nSPS) is 12.8. The summed E-state index contributed by atoms with van der Waals surface area (Å²) in [6, 6.07) is -0.551. The van der Waals surface area contributed by atoms with E-state index in [1.807, 2.05) is 0 Å². The van der Waals surface area contributed by atoms with Crippen LogP contribution in [0.4, 0.5) is 0 Å². The van der Waals surface area contributed by atoms with E-state index in [9.17, 15) is 19.8 Å². The second-order valence-corrected chi connectivity index (χ2v) is 19.3. The Kier molecular flexibility index (Phi) is 51.6. The molecule has 0 fully saturated rings. The Labute approximate surface area is 392 Å². The van der Waals surface area contributed by atoms with Gasteiger partial charge in [0.15, 0.2) is 0 Å². The van der Waals surface area contributed by atoms with Crippen molar-refractivity contribution in [2.75, 3.05) is 13.2 Å². The highest BCUT2D eigenvalue weighted by Gasteiger charge is 2.20. The number of esters is 1. The molecule has 63 heavy (non-hydrogen) atoms. The van der Waals surface area contributed by atoms with Gasteiger partial charge in [-0.15, -0.1) is 0 Å².